The highest BCUT2D eigenvalue weighted by Gasteiger charge is 2.26. The minimum Gasteiger partial charge on any atom is -0.386 e. The van der Waals surface area contributed by atoms with Crippen molar-refractivity contribution in [2.24, 2.45) is 0 Å². The van der Waals surface area contributed by atoms with Gasteiger partial charge in [-0.1, -0.05) is 24.3 Å². The van der Waals surface area contributed by atoms with E-state index in [1.54, 1.807) is 0 Å². The third kappa shape index (κ3) is 4.28. The molecule has 0 aromatic heterocycles. The van der Waals surface area contributed by atoms with E-state index in [2.05, 4.69) is 4.74 Å². The van der Waals surface area contributed by atoms with Crippen LogP contribution >= 0.6 is 0 Å². The summed E-state index contributed by atoms with van der Waals surface area (Å²) < 4.78 is 67.6. The molecule has 0 amide bonds. The van der Waals surface area contributed by atoms with Gasteiger partial charge in [-0.2, -0.15) is 16.8 Å². The summed E-state index contributed by atoms with van der Waals surface area (Å²) in [5.41, 5.74) is -1.25. The predicted molar refractivity (Wildman–Crippen MR) is 82.3 cm³/mol. The first-order valence-electron chi connectivity index (χ1n) is 6.41. The second kappa shape index (κ2) is 6.72. The Kier molecular flexibility index (Phi) is 5.04. The lowest BCUT2D eigenvalue weighted by Crippen LogP contribution is -2.18. The Morgan fingerprint density at radius 2 is 1.00 bits per heavy atom. The molecule has 132 valence electrons. The molecule has 9 nitrogen and oxygen atoms in total. The van der Waals surface area contributed by atoms with Crippen LogP contribution in [0.5, 0.6) is 0 Å². The van der Waals surface area contributed by atoms with E-state index in [9.17, 15) is 26.4 Å². The van der Waals surface area contributed by atoms with Gasteiger partial charge in [0.25, 0.3) is 20.2 Å². The largest absolute Gasteiger partial charge is 0.386 e. The number of esters is 2. The lowest BCUT2D eigenvalue weighted by Gasteiger charge is -2.08. The molecule has 2 rings (SSSR count). The molecule has 0 spiro atoms. The van der Waals surface area contributed by atoms with Crippen molar-refractivity contribution in [2.45, 2.75) is 9.79 Å². The van der Waals surface area contributed by atoms with E-state index in [0.717, 1.165) is 24.3 Å². The molecule has 2 N–H and O–H groups in total. The second-order valence-corrected chi connectivity index (χ2v) is 7.40. The maximum Gasteiger partial charge on any atom is 0.347 e. The molecule has 0 unspecified atom stereocenters. The molecule has 25 heavy (non-hydrogen) atoms. The quantitative estimate of drug-likeness (QED) is 0.448. The maximum absolute atomic E-state index is 12.0. The molecule has 0 bridgehead atoms. The molecule has 0 atom stereocenters. The van der Waals surface area contributed by atoms with E-state index in [4.69, 9.17) is 9.11 Å². The molecule has 0 aliphatic heterocycles. The zero-order valence-electron chi connectivity index (χ0n) is 12.2. The Bertz CT molecular complexity index is 968. The molecule has 0 saturated heterocycles. The van der Waals surface area contributed by atoms with Crippen LogP contribution in [0.1, 0.15) is 20.7 Å². The lowest BCUT2D eigenvalue weighted by atomic mass is 10.2. The zero-order chi connectivity index (χ0) is 18.8. The van der Waals surface area contributed by atoms with E-state index in [0.29, 0.717) is 0 Å². The van der Waals surface area contributed by atoms with Gasteiger partial charge in [0.15, 0.2) is 0 Å². The van der Waals surface area contributed by atoms with E-state index in [1.165, 1.54) is 24.3 Å². The SMILES string of the molecule is O=C(OC(=O)c1ccccc1S(=O)(=O)O)c1ccccc1S(=O)(=O)O. The third-order valence-electron chi connectivity index (χ3n) is 2.96. The van der Waals surface area contributed by atoms with Gasteiger partial charge < -0.3 is 4.74 Å². The van der Waals surface area contributed by atoms with Crippen LogP contribution in [0.25, 0.3) is 0 Å². The molecule has 0 saturated carbocycles. The third-order valence-corrected chi connectivity index (χ3v) is 4.78. The van der Waals surface area contributed by atoms with E-state index in [1.807, 2.05) is 0 Å². The van der Waals surface area contributed by atoms with Crippen LogP contribution in [-0.2, 0) is 25.0 Å². The minimum atomic E-state index is -4.76. The standard InChI is InChI=1S/C14H10O9S2/c15-13(9-5-1-3-7-11(9)24(17,18)19)23-14(16)10-6-2-4-8-12(10)25(20,21)22/h1-8H,(H,17,18,19)(H,20,21,22). The summed E-state index contributed by atoms with van der Waals surface area (Å²) in [7, 11) is -9.52. The van der Waals surface area contributed by atoms with Crippen LogP contribution in [0, 0.1) is 0 Å². The number of rotatable bonds is 4. The Labute approximate surface area is 142 Å². The smallest absolute Gasteiger partial charge is 0.347 e. The molecule has 0 radical (unpaired) electrons. The van der Waals surface area contributed by atoms with E-state index < -0.39 is 53.1 Å². The van der Waals surface area contributed by atoms with E-state index in [-0.39, 0.29) is 0 Å². The highest BCUT2D eigenvalue weighted by atomic mass is 32.2. The number of benzene rings is 2. The van der Waals surface area contributed by atoms with Gasteiger partial charge in [-0.15, -0.1) is 0 Å². The summed E-state index contributed by atoms with van der Waals surface area (Å²) in [5, 5.41) is 0. The molecule has 0 heterocycles. The number of carbonyl (C=O) groups excluding carboxylic acids is 2. The normalized spacial score (nSPS) is 11.8. The summed E-state index contributed by atoms with van der Waals surface area (Å²) in [6.45, 7) is 0. The zero-order valence-corrected chi connectivity index (χ0v) is 13.8. The molecular formula is C14H10O9S2. The number of hydrogen-bond acceptors (Lipinski definition) is 7. The van der Waals surface area contributed by atoms with Gasteiger partial charge in [-0.25, -0.2) is 9.59 Å². The molecule has 2 aromatic rings. The average molecular weight is 386 g/mol. The molecule has 0 aliphatic carbocycles. The van der Waals surface area contributed by atoms with Crippen LogP contribution in [0.2, 0.25) is 0 Å². The Hall–Kier alpha value is -2.60. The fraction of sp³-hybridized carbons (Fsp3) is 0. The minimum absolute atomic E-state index is 0.623. The molecule has 0 aliphatic rings. The van der Waals surface area contributed by atoms with Gasteiger partial charge in [-0.3, -0.25) is 9.11 Å². The van der Waals surface area contributed by atoms with Crippen LogP contribution in [0.15, 0.2) is 58.3 Å². The predicted octanol–water partition coefficient (Wildman–Crippen LogP) is 1.18. The Morgan fingerprint density at radius 3 is 1.32 bits per heavy atom. The van der Waals surface area contributed by atoms with Gasteiger partial charge in [-0.05, 0) is 24.3 Å². The van der Waals surface area contributed by atoms with Crippen molar-refractivity contribution in [1.29, 1.82) is 0 Å². The highest BCUT2D eigenvalue weighted by molar-refractivity contribution is 7.86. The average Bonchev–Trinajstić information content (AvgIpc) is 2.53. The first-order chi connectivity index (χ1) is 11.5. The van der Waals surface area contributed by atoms with Crippen molar-refractivity contribution in [3.05, 3.63) is 59.7 Å². The van der Waals surface area contributed by atoms with Gasteiger partial charge in [0, 0.05) is 0 Å². The first kappa shape index (κ1) is 18.7. The molecular weight excluding hydrogens is 376 g/mol. The summed E-state index contributed by atoms with van der Waals surface area (Å²) in [5.74, 6) is -2.85. The van der Waals surface area contributed by atoms with Crippen molar-refractivity contribution >= 4 is 32.2 Å². The lowest BCUT2D eigenvalue weighted by molar-refractivity contribution is 0.0391. The molecule has 0 fully saturated rings. The first-order valence-corrected chi connectivity index (χ1v) is 9.29. The number of ether oxygens (including phenoxy) is 1. The number of carbonyl (C=O) groups is 2. The summed E-state index contributed by atoms with van der Waals surface area (Å²) in [6, 6.07) is 8.82. The van der Waals surface area contributed by atoms with Gasteiger partial charge >= 0.3 is 11.9 Å². The maximum atomic E-state index is 12.0. The van der Waals surface area contributed by atoms with Crippen LogP contribution < -0.4 is 0 Å². The monoisotopic (exact) mass is 386 g/mol. The fourth-order valence-corrected chi connectivity index (χ4v) is 3.27. The van der Waals surface area contributed by atoms with Crippen LogP contribution in [0.3, 0.4) is 0 Å². The van der Waals surface area contributed by atoms with Crippen LogP contribution in [0.4, 0.5) is 0 Å². The highest BCUT2D eigenvalue weighted by Crippen LogP contribution is 2.19. The molecule has 11 heteroatoms. The van der Waals surface area contributed by atoms with Gasteiger partial charge in [0.2, 0.25) is 0 Å². The van der Waals surface area contributed by atoms with Gasteiger partial charge in [0.05, 0.1) is 11.1 Å². The summed E-state index contributed by atoms with van der Waals surface area (Å²) in [6.07, 6.45) is 0. The van der Waals surface area contributed by atoms with Crippen molar-refractivity contribution < 1.29 is 40.3 Å². The second-order valence-electron chi connectivity index (χ2n) is 4.62. The number of hydrogen-bond donors (Lipinski definition) is 2. The van der Waals surface area contributed by atoms with E-state index >= 15 is 0 Å². The van der Waals surface area contributed by atoms with Crippen LogP contribution in [-0.4, -0.2) is 37.9 Å². The Balaban J connectivity index is 2.40. The Morgan fingerprint density at radius 1 is 0.680 bits per heavy atom. The van der Waals surface area contributed by atoms with Crippen molar-refractivity contribution in [3.8, 4) is 0 Å². The van der Waals surface area contributed by atoms with Crippen molar-refractivity contribution in [1.82, 2.24) is 0 Å². The fourth-order valence-electron chi connectivity index (χ4n) is 1.91. The topological polar surface area (TPSA) is 152 Å². The summed E-state index contributed by atoms with van der Waals surface area (Å²) in [4.78, 5) is 22.5. The van der Waals surface area contributed by atoms with Crippen molar-refractivity contribution in [2.75, 3.05) is 0 Å². The van der Waals surface area contributed by atoms with Crippen molar-refractivity contribution in [3.63, 3.8) is 0 Å². The summed E-state index contributed by atoms with van der Waals surface area (Å²) >= 11 is 0. The molecule has 2 aromatic carbocycles. The van der Waals surface area contributed by atoms with Gasteiger partial charge in [0.1, 0.15) is 9.79 Å².